The molecule has 0 amide bonds. The molecule has 1 N–H and O–H groups in total. The molecule has 1 aliphatic rings. The van der Waals surface area contributed by atoms with Gasteiger partial charge in [-0.2, -0.15) is 0 Å². The molecule has 20 heavy (non-hydrogen) atoms. The molecule has 0 bridgehead atoms. The molecule has 0 radical (unpaired) electrons. The first kappa shape index (κ1) is 15.3. The number of halogens is 1. The summed E-state index contributed by atoms with van der Waals surface area (Å²) in [5.41, 5.74) is 1.56. The van der Waals surface area contributed by atoms with Crippen molar-refractivity contribution in [3.63, 3.8) is 0 Å². The van der Waals surface area contributed by atoms with Crippen LogP contribution in [0.15, 0.2) is 18.2 Å². The maximum atomic E-state index is 13.4. The monoisotopic (exact) mass is 281 g/mol. The molecule has 3 nitrogen and oxygen atoms in total. The van der Waals surface area contributed by atoms with E-state index in [0.29, 0.717) is 24.1 Å². The third kappa shape index (κ3) is 3.49. The fourth-order valence-electron chi connectivity index (χ4n) is 2.69. The number of ether oxygens (including phenoxy) is 1. The van der Waals surface area contributed by atoms with Crippen LogP contribution in [0.3, 0.4) is 0 Å². The van der Waals surface area contributed by atoms with Crippen LogP contribution in [0.4, 0.5) is 10.1 Å². The van der Waals surface area contributed by atoms with E-state index in [1.807, 2.05) is 0 Å². The largest absolute Gasteiger partial charge is 0.389 e. The zero-order valence-electron chi connectivity index (χ0n) is 12.5. The van der Waals surface area contributed by atoms with Gasteiger partial charge >= 0.3 is 0 Å². The summed E-state index contributed by atoms with van der Waals surface area (Å²) in [7, 11) is 1.68. The first-order chi connectivity index (χ1) is 9.54. The second kappa shape index (κ2) is 6.55. The molecule has 1 aliphatic carbocycles. The molecule has 1 unspecified atom stereocenters. The average Bonchev–Trinajstić information content (AvgIpc) is 3.24. The molecule has 0 aliphatic heterocycles. The summed E-state index contributed by atoms with van der Waals surface area (Å²) in [6.45, 7) is 5.24. The van der Waals surface area contributed by atoms with E-state index >= 15 is 0 Å². The lowest BCUT2D eigenvalue weighted by Gasteiger charge is -2.33. The van der Waals surface area contributed by atoms with Gasteiger partial charge in [-0.05, 0) is 50.8 Å². The third-order valence-electron chi connectivity index (χ3n) is 4.08. The fraction of sp³-hybridized carbons (Fsp3) is 0.625. The summed E-state index contributed by atoms with van der Waals surface area (Å²) in [6, 6.07) is 5.04. The molecule has 1 fully saturated rings. The van der Waals surface area contributed by atoms with Crippen LogP contribution in [-0.4, -0.2) is 31.4 Å². The number of aliphatic hydroxyl groups excluding tert-OH is 1. The van der Waals surface area contributed by atoms with Crippen molar-refractivity contribution in [3.8, 4) is 0 Å². The Morgan fingerprint density at radius 1 is 1.40 bits per heavy atom. The Hall–Kier alpha value is -1.13. The summed E-state index contributed by atoms with van der Waals surface area (Å²) in [4.78, 5) is 2.24. The van der Waals surface area contributed by atoms with Crippen molar-refractivity contribution in [1.82, 2.24) is 0 Å². The highest BCUT2D eigenvalue weighted by Crippen LogP contribution is 2.38. The minimum absolute atomic E-state index is 0.310. The van der Waals surface area contributed by atoms with Crippen LogP contribution >= 0.6 is 0 Å². The molecule has 0 spiro atoms. The number of rotatable bonds is 7. The molecular formula is C16H24FNO2. The van der Waals surface area contributed by atoms with Crippen LogP contribution in [0.2, 0.25) is 0 Å². The van der Waals surface area contributed by atoms with Crippen LogP contribution in [0.5, 0.6) is 0 Å². The van der Waals surface area contributed by atoms with Crippen LogP contribution in [0, 0.1) is 11.7 Å². The van der Waals surface area contributed by atoms with Crippen molar-refractivity contribution in [2.24, 2.45) is 5.92 Å². The van der Waals surface area contributed by atoms with E-state index in [9.17, 15) is 9.50 Å². The highest BCUT2D eigenvalue weighted by molar-refractivity contribution is 5.55. The Kier molecular flexibility index (Phi) is 5.00. The van der Waals surface area contributed by atoms with E-state index in [4.69, 9.17) is 4.74 Å². The van der Waals surface area contributed by atoms with E-state index < -0.39 is 6.10 Å². The topological polar surface area (TPSA) is 32.7 Å². The second-order valence-electron chi connectivity index (χ2n) is 5.64. The zero-order valence-corrected chi connectivity index (χ0v) is 12.5. The van der Waals surface area contributed by atoms with Gasteiger partial charge in [0.1, 0.15) is 5.82 Å². The van der Waals surface area contributed by atoms with Gasteiger partial charge in [0.2, 0.25) is 0 Å². The molecule has 2 atom stereocenters. The average molecular weight is 281 g/mol. The predicted octanol–water partition coefficient (Wildman–Crippen LogP) is 3.13. The van der Waals surface area contributed by atoms with Gasteiger partial charge < -0.3 is 14.7 Å². The molecule has 0 heterocycles. The van der Waals surface area contributed by atoms with Crippen molar-refractivity contribution in [3.05, 3.63) is 29.6 Å². The van der Waals surface area contributed by atoms with E-state index in [-0.39, 0.29) is 5.82 Å². The van der Waals surface area contributed by atoms with Crippen LogP contribution in [-0.2, 0) is 4.74 Å². The Balaban J connectivity index is 2.31. The van der Waals surface area contributed by atoms with Crippen LogP contribution in [0.1, 0.15) is 38.4 Å². The van der Waals surface area contributed by atoms with Crippen LogP contribution < -0.4 is 4.90 Å². The van der Waals surface area contributed by atoms with Gasteiger partial charge in [0.25, 0.3) is 0 Å². The number of anilines is 1. The number of methoxy groups -OCH3 is 1. The highest BCUT2D eigenvalue weighted by atomic mass is 19.1. The molecule has 112 valence electrons. The normalized spacial score (nSPS) is 17.9. The highest BCUT2D eigenvalue weighted by Gasteiger charge is 2.33. The smallest absolute Gasteiger partial charge is 0.123 e. The van der Waals surface area contributed by atoms with Gasteiger partial charge in [-0.3, -0.25) is 0 Å². The minimum Gasteiger partial charge on any atom is -0.389 e. The lowest BCUT2D eigenvalue weighted by Crippen LogP contribution is -2.38. The molecule has 1 aromatic carbocycles. The molecule has 4 heteroatoms. The molecule has 1 saturated carbocycles. The molecule has 1 aromatic rings. The Bertz CT molecular complexity index is 446. The fourth-order valence-corrected chi connectivity index (χ4v) is 2.69. The molecule has 2 rings (SSSR count). The van der Waals surface area contributed by atoms with E-state index in [0.717, 1.165) is 12.2 Å². The van der Waals surface area contributed by atoms with Crippen molar-refractivity contribution >= 4 is 5.69 Å². The molecule has 0 aromatic heterocycles. The lowest BCUT2D eigenvalue weighted by molar-refractivity contribution is 0.195. The lowest BCUT2D eigenvalue weighted by atomic mass is 10.0. The van der Waals surface area contributed by atoms with E-state index in [2.05, 4.69) is 11.8 Å². The third-order valence-corrected chi connectivity index (χ3v) is 4.08. The maximum absolute atomic E-state index is 13.4. The number of nitrogens with zero attached hydrogens (tertiary/aromatic N) is 1. The van der Waals surface area contributed by atoms with Gasteiger partial charge in [-0.25, -0.2) is 4.39 Å². The van der Waals surface area contributed by atoms with Crippen molar-refractivity contribution in [2.75, 3.05) is 25.2 Å². The van der Waals surface area contributed by atoms with Crippen LogP contribution in [0.25, 0.3) is 0 Å². The number of aliphatic hydroxyl groups is 1. The molecular weight excluding hydrogens is 257 g/mol. The predicted molar refractivity (Wildman–Crippen MR) is 78.4 cm³/mol. The summed E-state index contributed by atoms with van der Waals surface area (Å²) >= 11 is 0. The summed E-state index contributed by atoms with van der Waals surface area (Å²) in [5, 5.41) is 9.91. The minimum atomic E-state index is -0.683. The molecule has 0 saturated heterocycles. The number of hydrogen-bond acceptors (Lipinski definition) is 3. The van der Waals surface area contributed by atoms with Gasteiger partial charge in [0, 0.05) is 30.9 Å². The van der Waals surface area contributed by atoms with E-state index in [1.165, 1.54) is 25.0 Å². The van der Waals surface area contributed by atoms with E-state index in [1.54, 1.807) is 20.1 Å². The second-order valence-corrected chi connectivity index (χ2v) is 5.64. The Morgan fingerprint density at radius 2 is 2.10 bits per heavy atom. The van der Waals surface area contributed by atoms with Crippen molar-refractivity contribution in [1.29, 1.82) is 0 Å². The zero-order chi connectivity index (χ0) is 14.7. The SMILES string of the molecule is COCCN(c1ccc(F)cc1[C@@H](C)O)C(C)C1CC1. The van der Waals surface area contributed by atoms with Gasteiger partial charge in [-0.15, -0.1) is 0 Å². The summed E-state index contributed by atoms with van der Waals surface area (Å²) in [5.74, 6) is 0.383. The summed E-state index contributed by atoms with van der Waals surface area (Å²) in [6.07, 6.45) is 1.81. The first-order valence-corrected chi connectivity index (χ1v) is 7.27. The number of hydrogen-bond donors (Lipinski definition) is 1. The number of benzene rings is 1. The van der Waals surface area contributed by atoms with Gasteiger partial charge in [-0.1, -0.05) is 0 Å². The first-order valence-electron chi connectivity index (χ1n) is 7.27. The maximum Gasteiger partial charge on any atom is 0.123 e. The standard InChI is InChI=1S/C16H24FNO2/c1-11(13-4-5-13)18(8-9-20-3)16-7-6-14(17)10-15(16)12(2)19/h6-7,10-13,19H,4-5,8-9H2,1-3H3/t11?,12-/m1/s1. The van der Waals surface area contributed by atoms with Crippen molar-refractivity contribution in [2.45, 2.75) is 38.8 Å². The summed E-state index contributed by atoms with van der Waals surface area (Å²) < 4.78 is 18.6. The van der Waals surface area contributed by atoms with Gasteiger partial charge in [0.15, 0.2) is 0 Å². The Labute approximate surface area is 120 Å². The van der Waals surface area contributed by atoms with Gasteiger partial charge in [0.05, 0.1) is 12.7 Å². The van der Waals surface area contributed by atoms with Crippen molar-refractivity contribution < 1.29 is 14.2 Å². The quantitative estimate of drug-likeness (QED) is 0.833. The Morgan fingerprint density at radius 3 is 2.65 bits per heavy atom.